The van der Waals surface area contributed by atoms with E-state index in [1.165, 1.54) is 77.8 Å². The maximum absolute atomic E-state index is 7.30. The lowest BCUT2D eigenvalue weighted by Gasteiger charge is -2.41. The molecular formula is C61H49BN2O. The van der Waals surface area contributed by atoms with E-state index in [0.29, 0.717) is 0 Å². The zero-order valence-electron chi connectivity index (χ0n) is 37.5. The van der Waals surface area contributed by atoms with Crippen molar-refractivity contribution in [2.75, 3.05) is 9.80 Å². The van der Waals surface area contributed by atoms with Gasteiger partial charge in [0, 0.05) is 39.5 Å². The molecule has 0 amide bonds. The molecule has 312 valence electrons. The Morgan fingerprint density at radius 1 is 0.462 bits per heavy atom. The van der Waals surface area contributed by atoms with Crippen LogP contribution in [-0.2, 0) is 10.8 Å². The smallest absolute Gasteiger partial charge is 0.256 e. The lowest BCUT2D eigenvalue weighted by Crippen LogP contribution is -2.59. The van der Waals surface area contributed by atoms with Crippen LogP contribution in [0.5, 0.6) is 11.5 Å². The van der Waals surface area contributed by atoms with Crippen molar-refractivity contribution in [2.24, 2.45) is 0 Å². The average Bonchev–Trinajstić information content (AvgIpc) is 3.55. The molecule has 2 heterocycles. The average molecular weight is 837 g/mol. The number of benzene rings is 9. The predicted molar refractivity (Wildman–Crippen MR) is 274 cm³/mol. The van der Waals surface area contributed by atoms with Crippen molar-refractivity contribution in [1.29, 1.82) is 0 Å². The minimum atomic E-state index is -0.274. The molecule has 0 spiro atoms. The molecule has 3 nitrogen and oxygen atoms in total. The zero-order chi connectivity index (χ0) is 44.0. The van der Waals surface area contributed by atoms with Crippen LogP contribution in [-0.4, -0.2) is 6.71 Å². The van der Waals surface area contributed by atoms with Gasteiger partial charge in [-0.2, -0.15) is 0 Å². The molecule has 3 aliphatic rings. The zero-order valence-corrected chi connectivity index (χ0v) is 37.5. The van der Waals surface area contributed by atoms with Gasteiger partial charge in [-0.1, -0.05) is 168 Å². The number of ether oxygens (including phenoxy) is 1. The molecule has 0 N–H and O–H groups in total. The Kier molecular flexibility index (Phi) is 8.87. The molecular weight excluding hydrogens is 787 g/mol. The van der Waals surface area contributed by atoms with Gasteiger partial charge < -0.3 is 14.5 Å². The first-order valence-electron chi connectivity index (χ1n) is 22.9. The van der Waals surface area contributed by atoms with Crippen LogP contribution in [0.4, 0.5) is 34.1 Å². The van der Waals surface area contributed by atoms with Gasteiger partial charge in [0.1, 0.15) is 11.5 Å². The summed E-state index contributed by atoms with van der Waals surface area (Å²) in [6.45, 7) is 11.6. The van der Waals surface area contributed by atoms with Gasteiger partial charge >= 0.3 is 0 Å². The fourth-order valence-corrected chi connectivity index (χ4v) is 10.7. The van der Waals surface area contributed by atoms with E-state index in [9.17, 15) is 0 Å². The van der Waals surface area contributed by atoms with E-state index in [1.807, 2.05) is 0 Å². The molecule has 65 heavy (non-hydrogen) atoms. The second kappa shape index (κ2) is 14.8. The largest absolute Gasteiger partial charge is 0.458 e. The monoisotopic (exact) mass is 836 g/mol. The van der Waals surface area contributed by atoms with Crippen molar-refractivity contribution in [2.45, 2.75) is 45.4 Å². The minimum absolute atomic E-state index is 0.0525. The van der Waals surface area contributed by atoms with Gasteiger partial charge in [-0.15, -0.1) is 0 Å². The first-order valence-corrected chi connectivity index (χ1v) is 22.9. The third kappa shape index (κ3) is 6.34. The lowest BCUT2D eigenvalue weighted by atomic mass is 9.33. The Labute approximate surface area is 383 Å². The van der Waals surface area contributed by atoms with Crippen LogP contribution in [0.15, 0.2) is 206 Å². The fraction of sp³-hybridized carbons (Fsp3) is 0.115. The summed E-state index contributed by atoms with van der Waals surface area (Å²) in [5.41, 5.74) is 21.4. The molecule has 1 aliphatic carbocycles. The van der Waals surface area contributed by atoms with E-state index in [1.54, 1.807) is 0 Å². The third-order valence-electron chi connectivity index (χ3n) is 14.0. The molecule has 0 saturated carbocycles. The van der Waals surface area contributed by atoms with Crippen LogP contribution in [0.1, 0.15) is 51.3 Å². The van der Waals surface area contributed by atoms with Gasteiger partial charge in [-0.05, 0) is 145 Å². The SMILES string of the molecule is CC(C)(C)c1cc2c3c(c1)N(c1ccc(-c4ccccc4)cc1)c1ccc(-c4ccccc4)cc1B3c1cc3c(cc1O2)-c1ccc(N(c2ccccc2)c2ccccc2)cc1C3(C)C. The van der Waals surface area contributed by atoms with Gasteiger partial charge in [-0.25, -0.2) is 0 Å². The highest BCUT2D eigenvalue weighted by atomic mass is 16.5. The Bertz CT molecular complexity index is 3240. The highest BCUT2D eigenvalue weighted by Crippen LogP contribution is 2.53. The molecule has 0 bridgehead atoms. The maximum atomic E-state index is 7.30. The van der Waals surface area contributed by atoms with Crippen molar-refractivity contribution in [3.05, 3.63) is 223 Å². The van der Waals surface area contributed by atoms with Crippen molar-refractivity contribution in [3.63, 3.8) is 0 Å². The third-order valence-corrected chi connectivity index (χ3v) is 14.0. The van der Waals surface area contributed by atoms with Crippen LogP contribution in [0.3, 0.4) is 0 Å². The van der Waals surface area contributed by atoms with Crippen LogP contribution >= 0.6 is 0 Å². The number of para-hydroxylation sites is 2. The van der Waals surface area contributed by atoms with E-state index in [4.69, 9.17) is 4.74 Å². The van der Waals surface area contributed by atoms with Crippen molar-refractivity contribution in [3.8, 4) is 44.9 Å². The summed E-state index contributed by atoms with van der Waals surface area (Å²) in [6, 6.07) is 75.6. The van der Waals surface area contributed by atoms with Gasteiger partial charge in [0.2, 0.25) is 0 Å². The van der Waals surface area contributed by atoms with Crippen LogP contribution in [0.2, 0.25) is 0 Å². The predicted octanol–water partition coefficient (Wildman–Crippen LogP) is 14.5. The minimum Gasteiger partial charge on any atom is -0.458 e. The maximum Gasteiger partial charge on any atom is 0.256 e. The highest BCUT2D eigenvalue weighted by Gasteiger charge is 2.45. The topological polar surface area (TPSA) is 15.7 Å². The van der Waals surface area contributed by atoms with E-state index >= 15 is 0 Å². The van der Waals surface area contributed by atoms with Gasteiger partial charge in [0.05, 0.1) is 0 Å². The number of hydrogen-bond donors (Lipinski definition) is 0. The van der Waals surface area contributed by atoms with Crippen LogP contribution < -0.4 is 30.9 Å². The van der Waals surface area contributed by atoms with E-state index in [2.05, 4.69) is 251 Å². The van der Waals surface area contributed by atoms with Crippen LogP contribution in [0.25, 0.3) is 33.4 Å². The quantitative estimate of drug-likeness (QED) is 0.155. The Morgan fingerprint density at radius 2 is 1.03 bits per heavy atom. The van der Waals surface area contributed by atoms with Crippen molar-refractivity contribution in [1.82, 2.24) is 0 Å². The summed E-state index contributed by atoms with van der Waals surface area (Å²) >= 11 is 0. The molecule has 0 radical (unpaired) electrons. The standard InChI is InChI=1S/C61H49BN2O/c1-60(2,3)44-35-56-59-58(36-44)65-57-38-50-49-32-31-48(63(45-22-14-8-15-23-45)46-24-16-9-17-25-46)37-51(49)61(4,5)52(50)39-54(57)62(59)53-34-43(41-20-12-7-13-21-41)28-33-55(53)64(56)47-29-26-42(27-30-47)40-18-10-6-11-19-40/h6-39H,1-5H3. The highest BCUT2D eigenvalue weighted by molar-refractivity contribution is 6.99. The summed E-state index contributed by atoms with van der Waals surface area (Å²) in [5, 5.41) is 0. The van der Waals surface area contributed by atoms with Gasteiger partial charge in [0.15, 0.2) is 0 Å². The van der Waals surface area contributed by atoms with E-state index in [-0.39, 0.29) is 17.5 Å². The molecule has 4 heteroatoms. The first kappa shape index (κ1) is 39.1. The first-order chi connectivity index (χ1) is 31.6. The van der Waals surface area contributed by atoms with E-state index in [0.717, 1.165) is 34.2 Å². The number of rotatable bonds is 6. The molecule has 9 aromatic carbocycles. The second-order valence-electron chi connectivity index (χ2n) is 19.4. The number of nitrogens with zero attached hydrogens (tertiary/aromatic N) is 2. The molecule has 0 saturated heterocycles. The number of hydrogen-bond acceptors (Lipinski definition) is 3. The molecule has 0 atom stereocenters. The fourth-order valence-electron chi connectivity index (χ4n) is 10.7. The molecule has 9 aromatic rings. The molecule has 0 fully saturated rings. The van der Waals surface area contributed by atoms with Gasteiger partial charge in [-0.3, -0.25) is 0 Å². The number of fused-ring (bicyclic) bond motifs is 7. The van der Waals surface area contributed by atoms with Gasteiger partial charge in [0.25, 0.3) is 6.71 Å². The van der Waals surface area contributed by atoms with Crippen LogP contribution in [0, 0.1) is 0 Å². The summed E-state index contributed by atoms with van der Waals surface area (Å²) < 4.78 is 7.30. The summed E-state index contributed by atoms with van der Waals surface area (Å²) in [6.07, 6.45) is 0. The molecule has 2 aliphatic heterocycles. The lowest BCUT2D eigenvalue weighted by molar-refractivity contribution is 0.483. The van der Waals surface area contributed by atoms with Crippen molar-refractivity contribution < 1.29 is 4.74 Å². The molecule has 0 aromatic heterocycles. The molecule has 12 rings (SSSR count). The Balaban J connectivity index is 1.05. The normalized spacial score (nSPS) is 13.8. The Hall–Kier alpha value is -7.56. The Morgan fingerprint density at radius 3 is 1.66 bits per heavy atom. The summed E-state index contributed by atoms with van der Waals surface area (Å²) in [7, 11) is 0. The van der Waals surface area contributed by atoms with Crippen molar-refractivity contribution >= 4 is 57.2 Å². The number of anilines is 6. The summed E-state index contributed by atoms with van der Waals surface area (Å²) in [5.74, 6) is 1.86. The van der Waals surface area contributed by atoms with E-state index < -0.39 is 0 Å². The second-order valence-corrected chi connectivity index (χ2v) is 19.4. The summed E-state index contributed by atoms with van der Waals surface area (Å²) in [4.78, 5) is 4.85. The molecule has 0 unspecified atom stereocenters.